The first kappa shape index (κ1) is 15.3. The second kappa shape index (κ2) is 5.87. The fraction of sp³-hybridized carbons (Fsp3) is 0.353. The van der Waals surface area contributed by atoms with Gasteiger partial charge < -0.3 is 14.4 Å². The number of nitrogens with zero attached hydrogens (tertiary/aromatic N) is 2. The highest BCUT2D eigenvalue weighted by Gasteiger charge is 2.32. The third kappa shape index (κ3) is 2.60. The standard InChI is InChI=1S/C17H18N2O4/c1-10-5-3-4-6-12(10)15-18-14(16(20)21)13-8-7-11(9-19(13)15)17(22)23-2/h3-6,11H,7-9H2,1-2H3,(H,20,21). The Labute approximate surface area is 133 Å². The number of ether oxygens (including phenoxy) is 1. The summed E-state index contributed by atoms with van der Waals surface area (Å²) in [5, 5.41) is 9.42. The Morgan fingerprint density at radius 3 is 2.74 bits per heavy atom. The molecule has 0 radical (unpaired) electrons. The molecule has 6 nitrogen and oxygen atoms in total. The summed E-state index contributed by atoms with van der Waals surface area (Å²) in [5.74, 6) is -0.975. The molecule has 2 aromatic rings. The molecule has 1 atom stereocenters. The van der Waals surface area contributed by atoms with Gasteiger partial charge in [-0.2, -0.15) is 0 Å². The van der Waals surface area contributed by atoms with E-state index in [4.69, 9.17) is 4.74 Å². The predicted octanol–water partition coefficient (Wildman–Crippen LogP) is 2.29. The molecule has 120 valence electrons. The van der Waals surface area contributed by atoms with Gasteiger partial charge in [-0.15, -0.1) is 0 Å². The van der Waals surface area contributed by atoms with Crippen molar-refractivity contribution >= 4 is 11.9 Å². The zero-order valence-electron chi connectivity index (χ0n) is 13.1. The fourth-order valence-electron chi connectivity index (χ4n) is 3.12. The van der Waals surface area contributed by atoms with Gasteiger partial charge in [0.1, 0.15) is 5.82 Å². The number of hydrogen-bond acceptors (Lipinski definition) is 4. The maximum Gasteiger partial charge on any atom is 0.356 e. The molecule has 0 saturated carbocycles. The zero-order valence-corrected chi connectivity index (χ0v) is 13.1. The zero-order chi connectivity index (χ0) is 16.6. The molecular formula is C17H18N2O4. The van der Waals surface area contributed by atoms with E-state index in [1.807, 2.05) is 35.8 Å². The van der Waals surface area contributed by atoms with Crippen molar-refractivity contribution in [3.8, 4) is 11.4 Å². The molecule has 1 aliphatic rings. The van der Waals surface area contributed by atoms with Gasteiger partial charge in [0, 0.05) is 12.1 Å². The van der Waals surface area contributed by atoms with Crippen LogP contribution in [0, 0.1) is 12.8 Å². The molecule has 2 heterocycles. The molecule has 1 aromatic heterocycles. The average Bonchev–Trinajstić information content (AvgIpc) is 2.93. The first-order valence-electron chi connectivity index (χ1n) is 7.49. The van der Waals surface area contributed by atoms with Gasteiger partial charge in [-0.1, -0.05) is 24.3 Å². The molecule has 1 aliphatic heterocycles. The van der Waals surface area contributed by atoms with E-state index in [0.29, 0.717) is 30.9 Å². The lowest BCUT2D eigenvalue weighted by atomic mass is 9.96. The molecule has 3 rings (SSSR count). The minimum Gasteiger partial charge on any atom is -0.476 e. The highest BCUT2D eigenvalue weighted by molar-refractivity contribution is 5.88. The van der Waals surface area contributed by atoms with Crippen LogP contribution in [0.25, 0.3) is 11.4 Å². The van der Waals surface area contributed by atoms with Crippen LogP contribution in [-0.2, 0) is 22.5 Å². The quantitative estimate of drug-likeness (QED) is 0.879. The molecular weight excluding hydrogens is 296 g/mol. The summed E-state index contributed by atoms with van der Waals surface area (Å²) in [6.07, 6.45) is 1.08. The van der Waals surface area contributed by atoms with Crippen molar-refractivity contribution in [3.63, 3.8) is 0 Å². The van der Waals surface area contributed by atoms with Crippen molar-refractivity contribution < 1.29 is 19.4 Å². The van der Waals surface area contributed by atoms with Crippen LogP contribution in [0.5, 0.6) is 0 Å². The SMILES string of the molecule is COC(=O)C1CCc2c(C(=O)O)nc(-c3ccccc3C)n2C1. The Kier molecular flexibility index (Phi) is 3.90. The number of rotatable bonds is 3. The van der Waals surface area contributed by atoms with Crippen molar-refractivity contribution in [1.29, 1.82) is 0 Å². The molecule has 0 aliphatic carbocycles. The summed E-state index contributed by atoms with van der Waals surface area (Å²) >= 11 is 0. The number of aromatic nitrogens is 2. The number of fused-ring (bicyclic) bond motifs is 1. The van der Waals surface area contributed by atoms with Crippen LogP contribution in [0.4, 0.5) is 0 Å². The van der Waals surface area contributed by atoms with E-state index in [9.17, 15) is 14.7 Å². The van der Waals surface area contributed by atoms with Gasteiger partial charge in [-0.3, -0.25) is 4.79 Å². The van der Waals surface area contributed by atoms with Crippen molar-refractivity contribution in [2.75, 3.05) is 7.11 Å². The van der Waals surface area contributed by atoms with Gasteiger partial charge >= 0.3 is 11.9 Å². The Hall–Kier alpha value is -2.63. The summed E-state index contributed by atoms with van der Waals surface area (Å²) in [7, 11) is 1.37. The van der Waals surface area contributed by atoms with E-state index < -0.39 is 5.97 Å². The second-order valence-corrected chi connectivity index (χ2v) is 5.72. The van der Waals surface area contributed by atoms with Gasteiger partial charge in [0.05, 0.1) is 18.7 Å². The monoisotopic (exact) mass is 314 g/mol. The lowest BCUT2D eigenvalue weighted by molar-refractivity contribution is -0.146. The Morgan fingerprint density at radius 1 is 1.35 bits per heavy atom. The normalized spacial score (nSPS) is 16.7. The Balaban J connectivity index is 2.13. The molecule has 1 unspecified atom stereocenters. The number of hydrogen-bond donors (Lipinski definition) is 1. The number of imidazole rings is 1. The van der Waals surface area contributed by atoms with Gasteiger partial charge in [0.2, 0.25) is 0 Å². The molecule has 0 bridgehead atoms. The molecule has 1 aromatic carbocycles. The summed E-state index contributed by atoms with van der Waals surface area (Å²) in [6, 6.07) is 7.69. The Bertz CT molecular complexity index is 779. The lowest BCUT2D eigenvalue weighted by Gasteiger charge is -2.24. The smallest absolute Gasteiger partial charge is 0.356 e. The first-order valence-corrected chi connectivity index (χ1v) is 7.49. The van der Waals surface area contributed by atoms with Crippen LogP contribution < -0.4 is 0 Å². The third-order valence-electron chi connectivity index (χ3n) is 4.33. The summed E-state index contributed by atoms with van der Waals surface area (Å²) < 4.78 is 6.70. The molecule has 0 spiro atoms. The van der Waals surface area contributed by atoms with Crippen molar-refractivity contribution in [2.24, 2.45) is 5.92 Å². The molecule has 0 amide bonds. The van der Waals surface area contributed by atoms with Gasteiger partial charge in [0.15, 0.2) is 5.69 Å². The highest BCUT2D eigenvalue weighted by Crippen LogP contribution is 2.31. The number of esters is 1. The van der Waals surface area contributed by atoms with E-state index in [2.05, 4.69) is 4.98 Å². The van der Waals surface area contributed by atoms with Gasteiger partial charge in [0.25, 0.3) is 0 Å². The number of aryl methyl sites for hydroxylation is 1. The average molecular weight is 314 g/mol. The van der Waals surface area contributed by atoms with Crippen LogP contribution in [0.3, 0.4) is 0 Å². The van der Waals surface area contributed by atoms with Crippen LogP contribution >= 0.6 is 0 Å². The highest BCUT2D eigenvalue weighted by atomic mass is 16.5. The molecule has 0 saturated heterocycles. The summed E-state index contributed by atoms with van der Waals surface area (Å²) in [6.45, 7) is 2.35. The largest absolute Gasteiger partial charge is 0.476 e. The lowest BCUT2D eigenvalue weighted by Crippen LogP contribution is -2.28. The van der Waals surface area contributed by atoms with Crippen LogP contribution in [0.1, 0.15) is 28.2 Å². The number of carbonyl (C=O) groups excluding carboxylic acids is 1. The van der Waals surface area contributed by atoms with Crippen LogP contribution in [-0.4, -0.2) is 33.7 Å². The number of benzene rings is 1. The van der Waals surface area contributed by atoms with Crippen LogP contribution in [0.2, 0.25) is 0 Å². The Morgan fingerprint density at radius 2 is 2.09 bits per heavy atom. The number of methoxy groups -OCH3 is 1. The van der Waals surface area contributed by atoms with E-state index in [1.165, 1.54) is 7.11 Å². The minimum atomic E-state index is -1.04. The van der Waals surface area contributed by atoms with E-state index in [1.54, 1.807) is 0 Å². The maximum atomic E-state index is 11.9. The van der Waals surface area contributed by atoms with Gasteiger partial charge in [-0.05, 0) is 25.3 Å². The van der Waals surface area contributed by atoms with E-state index in [0.717, 1.165) is 11.1 Å². The first-order chi connectivity index (χ1) is 11.0. The number of carboxylic acids is 1. The summed E-state index contributed by atoms with van der Waals surface area (Å²) in [5.41, 5.74) is 2.65. The predicted molar refractivity (Wildman–Crippen MR) is 83.2 cm³/mol. The van der Waals surface area contributed by atoms with Crippen molar-refractivity contribution in [2.45, 2.75) is 26.3 Å². The summed E-state index contributed by atoms with van der Waals surface area (Å²) in [4.78, 5) is 27.7. The maximum absolute atomic E-state index is 11.9. The second-order valence-electron chi connectivity index (χ2n) is 5.72. The van der Waals surface area contributed by atoms with Crippen LogP contribution in [0.15, 0.2) is 24.3 Å². The molecule has 1 N–H and O–H groups in total. The molecule has 0 fully saturated rings. The molecule has 23 heavy (non-hydrogen) atoms. The number of carbonyl (C=O) groups is 2. The molecule has 6 heteroatoms. The van der Waals surface area contributed by atoms with E-state index >= 15 is 0 Å². The number of carboxylic acid groups (broad SMARTS) is 1. The topological polar surface area (TPSA) is 81.4 Å². The fourth-order valence-corrected chi connectivity index (χ4v) is 3.12. The third-order valence-corrected chi connectivity index (χ3v) is 4.33. The minimum absolute atomic E-state index is 0.0755. The number of aromatic carboxylic acids is 1. The van der Waals surface area contributed by atoms with Crippen molar-refractivity contribution in [3.05, 3.63) is 41.2 Å². The van der Waals surface area contributed by atoms with E-state index in [-0.39, 0.29) is 17.6 Å². The van der Waals surface area contributed by atoms with Crippen molar-refractivity contribution in [1.82, 2.24) is 9.55 Å². The van der Waals surface area contributed by atoms with Gasteiger partial charge in [-0.25, -0.2) is 9.78 Å².